The molecule has 0 aliphatic rings. The van der Waals surface area contributed by atoms with Gasteiger partial charge < -0.3 is 9.84 Å². The van der Waals surface area contributed by atoms with E-state index in [1.807, 2.05) is 0 Å². The minimum atomic E-state index is -5.02. The van der Waals surface area contributed by atoms with Crippen molar-refractivity contribution in [2.75, 3.05) is 0 Å². The monoisotopic (exact) mass is 631 g/mol. The summed E-state index contributed by atoms with van der Waals surface area (Å²) in [6.07, 6.45) is -9.01. The molecule has 0 saturated carbocycles. The fraction of sp³-hybridized carbons (Fsp3) is 0.129. The van der Waals surface area contributed by atoms with Crippen molar-refractivity contribution in [3.8, 4) is 34.0 Å². The third-order valence-corrected chi connectivity index (χ3v) is 6.94. The molecule has 0 bridgehead atoms. The van der Waals surface area contributed by atoms with Crippen molar-refractivity contribution in [2.24, 2.45) is 0 Å². The summed E-state index contributed by atoms with van der Waals surface area (Å²) in [6, 6.07) is 19.3. The molecule has 5 aromatic rings. The number of carboxylic acids is 1. The highest BCUT2D eigenvalue weighted by molar-refractivity contribution is 6.30. The van der Waals surface area contributed by atoms with E-state index < -0.39 is 35.1 Å². The van der Waals surface area contributed by atoms with Gasteiger partial charge in [0, 0.05) is 10.6 Å². The molecule has 5 rings (SSSR count). The molecular weight excluding hydrogens is 612 g/mol. The molecule has 0 aliphatic heterocycles. The molecule has 0 atom stereocenters. The molecule has 2 aromatic heterocycles. The van der Waals surface area contributed by atoms with Crippen molar-refractivity contribution in [3.63, 3.8) is 0 Å². The number of carboxylic acid groups (broad SMARTS) is 1. The fourth-order valence-electron chi connectivity index (χ4n) is 4.63. The van der Waals surface area contributed by atoms with Crippen LogP contribution >= 0.6 is 11.6 Å². The van der Waals surface area contributed by atoms with E-state index in [1.54, 1.807) is 55.5 Å². The Bertz CT molecular complexity index is 1870. The first-order valence-electron chi connectivity index (χ1n) is 12.8. The number of benzene rings is 3. The molecule has 0 amide bonds. The Kier molecular flexibility index (Phi) is 8.13. The largest absolute Gasteiger partial charge is 0.488 e. The van der Waals surface area contributed by atoms with Crippen LogP contribution in [0.1, 0.15) is 32.7 Å². The maximum atomic E-state index is 13.8. The third-order valence-electron chi connectivity index (χ3n) is 6.71. The van der Waals surface area contributed by atoms with E-state index in [2.05, 4.69) is 10.1 Å². The van der Waals surface area contributed by atoms with E-state index in [4.69, 9.17) is 16.3 Å². The quantitative estimate of drug-likeness (QED) is 0.182. The van der Waals surface area contributed by atoms with E-state index in [0.717, 1.165) is 6.07 Å². The lowest BCUT2D eigenvalue weighted by Crippen LogP contribution is -2.18. The van der Waals surface area contributed by atoms with Gasteiger partial charge in [-0.1, -0.05) is 54.1 Å². The van der Waals surface area contributed by atoms with Gasteiger partial charge in [-0.2, -0.15) is 31.4 Å². The van der Waals surface area contributed by atoms with Gasteiger partial charge in [0.2, 0.25) is 0 Å². The molecule has 0 fully saturated rings. The summed E-state index contributed by atoms with van der Waals surface area (Å²) in [5.74, 6) is -1.71. The van der Waals surface area contributed by atoms with Gasteiger partial charge in [0.05, 0.1) is 17.5 Å². The Morgan fingerprint density at radius 3 is 2.34 bits per heavy atom. The van der Waals surface area contributed by atoms with Crippen LogP contribution in [0, 0.1) is 6.92 Å². The number of alkyl halides is 6. The zero-order valence-corrected chi connectivity index (χ0v) is 23.3. The van der Waals surface area contributed by atoms with Crippen LogP contribution in [0.15, 0.2) is 85.1 Å². The van der Waals surface area contributed by atoms with Crippen molar-refractivity contribution < 1.29 is 41.0 Å². The number of ether oxygens (including phenoxy) is 1. The topological polar surface area (TPSA) is 77.2 Å². The average molecular weight is 632 g/mol. The minimum absolute atomic E-state index is 0.0184. The number of hydrogen-bond acceptors (Lipinski definition) is 4. The second kappa shape index (κ2) is 11.7. The number of halogens is 7. The molecule has 0 spiro atoms. The van der Waals surface area contributed by atoms with E-state index in [9.17, 15) is 36.2 Å². The molecule has 0 aliphatic carbocycles. The lowest BCUT2D eigenvalue weighted by molar-refractivity contribution is -0.143. The van der Waals surface area contributed by atoms with Crippen molar-refractivity contribution in [3.05, 3.63) is 118 Å². The number of hydrogen-bond donors (Lipinski definition) is 1. The Balaban J connectivity index is 1.43. The predicted octanol–water partition coefficient (Wildman–Crippen LogP) is 8.88. The number of para-hydroxylation sites is 1. The van der Waals surface area contributed by atoms with Crippen molar-refractivity contribution >= 4 is 17.6 Å². The van der Waals surface area contributed by atoms with Gasteiger partial charge in [-0.15, -0.1) is 0 Å². The summed E-state index contributed by atoms with van der Waals surface area (Å²) < 4.78 is 88.7. The molecule has 13 heteroatoms. The van der Waals surface area contributed by atoms with E-state index in [0.29, 0.717) is 38.9 Å². The molecule has 1 N–H and O–H groups in total. The number of aromatic carboxylic acids is 1. The number of nitrogens with zero attached hydrogens (tertiary/aromatic N) is 3. The number of pyridine rings is 1. The van der Waals surface area contributed by atoms with Crippen LogP contribution in [0.3, 0.4) is 0 Å². The van der Waals surface area contributed by atoms with Crippen LogP contribution in [0.5, 0.6) is 5.75 Å². The van der Waals surface area contributed by atoms with E-state index >= 15 is 0 Å². The van der Waals surface area contributed by atoms with Crippen LogP contribution in [0.2, 0.25) is 5.02 Å². The molecule has 0 radical (unpaired) electrons. The minimum Gasteiger partial charge on any atom is -0.488 e. The highest BCUT2D eigenvalue weighted by Crippen LogP contribution is 2.39. The molecule has 6 nitrogen and oxygen atoms in total. The van der Waals surface area contributed by atoms with Crippen LogP contribution in [0.4, 0.5) is 26.3 Å². The molecular formula is C31H20ClF6N3O3. The van der Waals surface area contributed by atoms with Gasteiger partial charge in [0.15, 0.2) is 11.5 Å². The SMILES string of the molecule is Cc1cc(-c2ccc(Cl)cc2C(F)(F)F)ccc1COc1ccccc1-c1cccc(-n2ncc(C(=O)O)c2C(F)(F)F)n1. The summed E-state index contributed by atoms with van der Waals surface area (Å²) in [6.45, 7) is 1.75. The Morgan fingerprint density at radius 2 is 1.66 bits per heavy atom. The first-order chi connectivity index (χ1) is 20.7. The van der Waals surface area contributed by atoms with Crippen LogP contribution in [-0.2, 0) is 19.0 Å². The van der Waals surface area contributed by atoms with Gasteiger partial charge in [0.25, 0.3) is 0 Å². The van der Waals surface area contributed by atoms with Gasteiger partial charge in [-0.3, -0.25) is 0 Å². The number of aromatic nitrogens is 3. The normalized spacial score (nSPS) is 11.9. The lowest BCUT2D eigenvalue weighted by Gasteiger charge is -2.16. The average Bonchev–Trinajstić information content (AvgIpc) is 3.43. The number of aryl methyl sites for hydroxylation is 1. The Morgan fingerprint density at radius 1 is 0.909 bits per heavy atom. The smallest absolute Gasteiger partial charge is 0.434 e. The molecule has 44 heavy (non-hydrogen) atoms. The van der Waals surface area contributed by atoms with Crippen molar-refractivity contribution in [2.45, 2.75) is 25.9 Å². The Labute approximate surface area is 251 Å². The highest BCUT2D eigenvalue weighted by atomic mass is 35.5. The first-order valence-corrected chi connectivity index (χ1v) is 13.2. The standard InChI is InChI=1S/C31H20ClF6N3O3/c1-17-13-18(21-12-11-20(32)14-24(21)30(33,34)35)9-10-19(17)16-44-26-7-3-2-5-22(26)25-6-4-8-27(40-25)41-28(31(36,37)38)23(15-39-41)29(42)43/h2-15H,16H2,1H3,(H,42,43). The summed E-state index contributed by atoms with van der Waals surface area (Å²) in [5.41, 5.74) is -1.01. The molecule has 2 heterocycles. The fourth-order valence-corrected chi connectivity index (χ4v) is 4.80. The highest BCUT2D eigenvalue weighted by Gasteiger charge is 2.41. The summed E-state index contributed by atoms with van der Waals surface area (Å²) in [4.78, 5) is 15.7. The van der Waals surface area contributed by atoms with Gasteiger partial charge in [-0.05, 0) is 65.6 Å². The zero-order chi connectivity index (χ0) is 31.8. The van der Waals surface area contributed by atoms with Gasteiger partial charge in [-0.25, -0.2) is 14.5 Å². The number of rotatable bonds is 7. The maximum absolute atomic E-state index is 13.8. The number of carbonyl (C=O) groups is 1. The third kappa shape index (κ3) is 6.25. The van der Waals surface area contributed by atoms with E-state index in [-0.39, 0.29) is 28.7 Å². The van der Waals surface area contributed by atoms with Crippen LogP contribution in [-0.4, -0.2) is 25.8 Å². The van der Waals surface area contributed by atoms with Crippen LogP contribution < -0.4 is 4.74 Å². The van der Waals surface area contributed by atoms with Crippen molar-refractivity contribution in [1.82, 2.24) is 14.8 Å². The second-order valence-corrected chi connectivity index (χ2v) is 10.1. The second-order valence-electron chi connectivity index (χ2n) is 9.62. The Hall–Kier alpha value is -4.84. The predicted molar refractivity (Wildman–Crippen MR) is 150 cm³/mol. The van der Waals surface area contributed by atoms with E-state index in [1.165, 1.54) is 24.3 Å². The summed E-state index contributed by atoms with van der Waals surface area (Å²) in [5, 5.41) is 12.8. The molecule has 226 valence electrons. The zero-order valence-electron chi connectivity index (χ0n) is 22.5. The van der Waals surface area contributed by atoms with Gasteiger partial charge >= 0.3 is 18.3 Å². The van der Waals surface area contributed by atoms with Crippen LogP contribution in [0.25, 0.3) is 28.2 Å². The molecule has 0 unspecified atom stereocenters. The van der Waals surface area contributed by atoms with Crippen molar-refractivity contribution in [1.29, 1.82) is 0 Å². The first kappa shape index (κ1) is 30.6. The lowest BCUT2D eigenvalue weighted by atomic mass is 9.96. The molecule has 3 aromatic carbocycles. The summed E-state index contributed by atoms with van der Waals surface area (Å²) >= 11 is 5.81. The van der Waals surface area contributed by atoms with Gasteiger partial charge in [0.1, 0.15) is 17.9 Å². The maximum Gasteiger partial charge on any atom is 0.434 e. The summed E-state index contributed by atoms with van der Waals surface area (Å²) in [7, 11) is 0. The molecule has 0 saturated heterocycles.